The van der Waals surface area contributed by atoms with E-state index in [1.807, 2.05) is 31.2 Å². The van der Waals surface area contributed by atoms with E-state index in [0.29, 0.717) is 12.2 Å². The second-order valence-electron chi connectivity index (χ2n) is 4.38. The fourth-order valence-electron chi connectivity index (χ4n) is 1.93. The largest absolute Gasteiger partial charge is 0.494 e. The summed E-state index contributed by atoms with van der Waals surface area (Å²) in [4.78, 5) is 12.2. The molecule has 3 rings (SSSR count). The molecule has 106 valence electrons. The molecule has 0 spiro atoms. The summed E-state index contributed by atoms with van der Waals surface area (Å²) in [5.74, 6) is 0.611. The van der Waals surface area contributed by atoms with Crippen molar-refractivity contribution in [2.24, 2.45) is 0 Å². The van der Waals surface area contributed by atoms with Crippen LogP contribution in [0.5, 0.6) is 5.75 Å². The molecule has 2 aromatic carbocycles. The van der Waals surface area contributed by atoms with Gasteiger partial charge in [-0.05, 0) is 49.4 Å². The first-order chi connectivity index (χ1) is 10.3. The van der Waals surface area contributed by atoms with E-state index in [4.69, 9.17) is 4.74 Å². The summed E-state index contributed by atoms with van der Waals surface area (Å²) >= 11 is 1.14. The summed E-state index contributed by atoms with van der Waals surface area (Å²) in [6.07, 6.45) is 0. The lowest BCUT2D eigenvalue weighted by molar-refractivity contribution is 0.102. The van der Waals surface area contributed by atoms with Crippen molar-refractivity contribution in [1.82, 2.24) is 8.75 Å². The highest BCUT2D eigenvalue weighted by molar-refractivity contribution is 7.00. The number of nitrogens with zero attached hydrogens (tertiary/aromatic N) is 2. The van der Waals surface area contributed by atoms with Crippen LogP contribution in [-0.4, -0.2) is 21.3 Å². The third kappa shape index (κ3) is 3.00. The quantitative estimate of drug-likeness (QED) is 0.802. The van der Waals surface area contributed by atoms with E-state index in [9.17, 15) is 4.79 Å². The molecule has 5 nitrogen and oxygen atoms in total. The topological polar surface area (TPSA) is 64.1 Å². The standard InChI is InChI=1S/C15H13N3O2S/c1-2-20-12-6-4-11(5-7-12)16-15(19)10-3-8-13-14(9-10)18-21-17-13/h3-9H,2H2,1H3,(H,16,19). The Hall–Kier alpha value is -2.47. The lowest BCUT2D eigenvalue weighted by atomic mass is 10.2. The molecule has 1 N–H and O–H groups in total. The van der Waals surface area contributed by atoms with E-state index < -0.39 is 0 Å². The maximum atomic E-state index is 12.2. The van der Waals surface area contributed by atoms with Crippen molar-refractivity contribution in [1.29, 1.82) is 0 Å². The highest BCUT2D eigenvalue weighted by Gasteiger charge is 2.08. The van der Waals surface area contributed by atoms with Gasteiger partial charge in [-0.25, -0.2) is 0 Å². The zero-order valence-corrected chi connectivity index (χ0v) is 12.2. The van der Waals surface area contributed by atoms with Crippen LogP contribution in [0, 0.1) is 0 Å². The number of ether oxygens (including phenoxy) is 1. The van der Waals surface area contributed by atoms with Gasteiger partial charge in [0.2, 0.25) is 0 Å². The second-order valence-corrected chi connectivity index (χ2v) is 4.91. The number of fused-ring (bicyclic) bond motifs is 1. The van der Waals surface area contributed by atoms with Crippen LogP contribution >= 0.6 is 11.7 Å². The zero-order chi connectivity index (χ0) is 14.7. The molecule has 0 fully saturated rings. The maximum Gasteiger partial charge on any atom is 0.255 e. The van der Waals surface area contributed by atoms with Crippen LogP contribution < -0.4 is 10.1 Å². The van der Waals surface area contributed by atoms with E-state index >= 15 is 0 Å². The van der Waals surface area contributed by atoms with Crippen molar-refractivity contribution in [3.63, 3.8) is 0 Å². The van der Waals surface area contributed by atoms with Crippen molar-refractivity contribution in [2.45, 2.75) is 6.92 Å². The van der Waals surface area contributed by atoms with Gasteiger partial charge in [-0.15, -0.1) is 0 Å². The summed E-state index contributed by atoms with van der Waals surface area (Å²) in [6, 6.07) is 12.6. The lowest BCUT2D eigenvalue weighted by Crippen LogP contribution is -2.11. The highest BCUT2D eigenvalue weighted by Crippen LogP contribution is 2.18. The molecule has 0 saturated heterocycles. The third-order valence-electron chi connectivity index (χ3n) is 2.94. The monoisotopic (exact) mass is 299 g/mol. The Kier molecular flexibility index (Phi) is 3.79. The molecule has 21 heavy (non-hydrogen) atoms. The van der Waals surface area contributed by atoms with Crippen LogP contribution in [0.2, 0.25) is 0 Å². The molecule has 0 saturated carbocycles. The number of nitrogens with one attached hydrogen (secondary N) is 1. The number of aromatic nitrogens is 2. The molecule has 0 aliphatic heterocycles. The molecule has 1 heterocycles. The number of hydrogen-bond donors (Lipinski definition) is 1. The molecule has 0 radical (unpaired) electrons. The van der Waals surface area contributed by atoms with Gasteiger partial charge in [0.25, 0.3) is 5.91 Å². The molecule has 6 heteroatoms. The molecule has 0 atom stereocenters. The van der Waals surface area contributed by atoms with Gasteiger partial charge in [-0.1, -0.05) is 0 Å². The summed E-state index contributed by atoms with van der Waals surface area (Å²) < 4.78 is 13.6. The third-order valence-corrected chi connectivity index (χ3v) is 3.50. The lowest BCUT2D eigenvalue weighted by Gasteiger charge is -2.07. The fraction of sp³-hybridized carbons (Fsp3) is 0.133. The number of anilines is 1. The van der Waals surface area contributed by atoms with Gasteiger partial charge in [0.15, 0.2) is 0 Å². The average molecular weight is 299 g/mol. The number of hydrogen-bond acceptors (Lipinski definition) is 5. The molecule has 0 unspecified atom stereocenters. The van der Waals surface area contributed by atoms with Crippen molar-refractivity contribution in [3.05, 3.63) is 48.0 Å². The van der Waals surface area contributed by atoms with Gasteiger partial charge >= 0.3 is 0 Å². The first-order valence-electron chi connectivity index (χ1n) is 6.53. The molecule has 0 bridgehead atoms. The molecule has 1 amide bonds. The van der Waals surface area contributed by atoms with Gasteiger partial charge in [0.05, 0.1) is 18.3 Å². The van der Waals surface area contributed by atoms with Gasteiger partial charge in [-0.3, -0.25) is 4.79 Å². The number of carbonyl (C=O) groups is 1. The Balaban J connectivity index is 1.75. The predicted octanol–water partition coefficient (Wildman–Crippen LogP) is 3.34. The van der Waals surface area contributed by atoms with E-state index in [1.165, 1.54) is 0 Å². The van der Waals surface area contributed by atoms with Crippen LogP contribution in [0.15, 0.2) is 42.5 Å². The minimum absolute atomic E-state index is 0.172. The Morgan fingerprint density at radius 3 is 2.67 bits per heavy atom. The molecule has 3 aromatic rings. The van der Waals surface area contributed by atoms with Crippen LogP contribution in [0.1, 0.15) is 17.3 Å². The Morgan fingerprint density at radius 2 is 1.90 bits per heavy atom. The Labute approximate surface area is 125 Å². The number of benzene rings is 2. The van der Waals surface area contributed by atoms with Gasteiger partial charge in [-0.2, -0.15) is 8.75 Å². The van der Waals surface area contributed by atoms with Crippen molar-refractivity contribution in [3.8, 4) is 5.75 Å². The van der Waals surface area contributed by atoms with Crippen LogP contribution in [0.4, 0.5) is 5.69 Å². The summed E-state index contributed by atoms with van der Waals surface area (Å²) in [5.41, 5.74) is 2.82. The molecular weight excluding hydrogens is 286 g/mol. The first kappa shape index (κ1) is 13.5. The highest BCUT2D eigenvalue weighted by atomic mass is 32.1. The van der Waals surface area contributed by atoms with E-state index in [0.717, 1.165) is 34.2 Å². The Morgan fingerprint density at radius 1 is 1.14 bits per heavy atom. The number of amides is 1. The minimum Gasteiger partial charge on any atom is -0.494 e. The summed E-state index contributed by atoms with van der Waals surface area (Å²) in [7, 11) is 0. The van der Waals surface area contributed by atoms with E-state index in [2.05, 4.69) is 14.1 Å². The first-order valence-corrected chi connectivity index (χ1v) is 7.26. The van der Waals surface area contributed by atoms with E-state index in [1.54, 1.807) is 18.2 Å². The van der Waals surface area contributed by atoms with Gasteiger partial charge in [0.1, 0.15) is 16.8 Å². The fourth-order valence-corrected chi connectivity index (χ4v) is 2.45. The summed E-state index contributed by atoms with van der Waals surface area (Å²) in [5, 5.41) is 2.85. The molecular formula is C15H13N3O2S. The normalized spacial score (nSPS) is 10.5. The van der Waals surface area contributed by atoms with Crippen molar-refractivity contribution < 1.29 is 9.53 Å². The number of rotatable bonds is 4. The minimum atomic E-state index is -0.172. The SMILES string of the molecule is CCOc1ccc(NC(=O)c2ccc3nsnc3c2)cc1. The van der Waals surface area contributed by atoms with Crippen LogP contribution in [-0.2, 0) is 0 Å². The van der Waals surface area contributed by atoms with Crippen molar-refractivity contribution in [2.75, 3.05) is 11.9 Å². The Bertz CT molecular complexity index is 768. The summed E-state index contributed by atoms with van der Waals surface area (Å²) in [6.45, 7) is 2.55. The average Bonchev–Trinajstić information content (AvgIpc) is 2.97. The second kappa shape index (κ2) is 5.88. The molecule has 1 aromatic heterocycles. The predicted molar refractivity (Wildman–Crippen MR) is 83.0 cm³/mol. The maximum absolute atomic E-state index is 12.2. The smallest absolute Gasteiger partial charge is 0.255 e. The molecule has 0 aliphatic carbocycles. The van der Waals surface area contributed by atoms with Gasteiger partial charge in [0, 0.05) is 11.3 Å². The van der Waals surface area contributed by atoms with Crippen LogP contribution in [0.3, 0.4) is 0 Å². The van der Waals surface area contributed by atoms with Gasteiger partial charge < -0.3 is 10.1 Å². The zero-order valence-electron chi connectivity index (χ0n) is 11.4. The van der Waals surface area contributed by atoms with E-state index in [-0.39, 0.29) is 5.91 Å². The van der Waals surface area contributed by atoms with Crippen LogP contribution in [0.25, 0.3) is 11.0 Å². The molecule has 0 aliphatic rings. The van der Waals surface area contributed by atoms with Crippen molar-refractivity contribution >= 4 is 34.4 Å². The number of carbonyl (C=O) groups excluding carboxylic acids is 1.